The summed E-state index contributed by atoms with van der Waals surface area (Å²) < 4.78 is 3.69. The molecule has 0 saturated carbocycles. The number of primary amides is 1. The van der Waals surface area contributed by atoms with Gasteiger partial charge in [-0.05, 0) is 11.6 Å². The Labute approximate surface area is 66.3 Å². The molecule has 0 fully saturated rings. The van der Waals surface area contributed by atoms with Crippen LogP contribution in [0.2, 0.25) is 0 Å². The molecule has 0 aliphatic heterocycles. The van der Waals surface area contributed by atoms with Gasteiger partial charge in [0.2, 0.25) is 5.22 Å². The highest BCUT2D eigenvalue weighted by atomic mass is 35.5. The molecule has 0 spiro atoms. The molecule has 3 nitrogen and oxygen atoms in total. The van der Waals surface area contributed by atoms with Crippen LogP contribution in [0.4, 0.5) is 4.79 Å². The van der Waals surface area contributed by atoms with Crippen molar-refractivity contribution < 1.29 is 9.53 Å². The lowest BCUT2D eigenvalue weighted by Gasteiger charge is -1.94. The number of rotatable bonds is 1. The highest BCUT2D eigenvalue weighted by Gasteiger charge is 2.02. The van der Waals surface area contributed by atoms with E-state index in [0.717, 1.165) is 0 Å². The van der Waals surface area contributed by atoms with Crippen molar-refractivity contribution in [1.29, 1.82) is 0 Å². The third-order valence-electron chi connectivity index (χ3n) is 0.339. The van der Waals surface area contributed by atoms with Gasteiger partial charge in [0, 0.05) is 0 Å². The number of hydrogen-bond acceptors (Lipinski definition) is 2. The first-order valence-electron chi connectivity index (χ1n) is 1.72. The molecule has 0 rings (SSSR count). The Bertz CT molecular complexity index is 151. The van der Waals surface area contributed by atoms with Gasteiger partial charge in [0.15, 0.2) is 4.49 Å². The fourth-order valence-corrected chi connectivity index (χ4v) is 0.280. The van der Waals surface area contributed by atoms with E-state index >= 15 is 0 Å². The molecule has 0 aliphatic rings. The molecule has 0 aromatic carbocycles. The number of ether oxygens (including phenoxy) is 1. The second kappa shape index (κ2) is 3.82. The molecular formula is C3H2Cl3NO2. The van der Waals surface area contributed by atoms with Crippen LogP contribution in [0.1, 0.15) is 0 Å². The lowest BCUT2D eigenvalue weighted by atomic mass is 11.1. The average Bonchev–Trinajstić information content (AvgIpc) is 1.63. The van der Waals surface area contributed by atoms with Crippen molar-refractivity contribution in [2.75, 3.05) is 0 Å². The van der Waals surface area contributed by atoms with Gasteiger partial charge in [-0.15, -0.1) is 0 Å². The first kappa shape index (κ1) is 8.88. The zero-order valence-corrected chi connectivity index (χ0v) is 6.30. The van der Waals surface area contributed by atoms with Gasteiger partial charge >= 0.3 is 6.09 Å². The summed E-state index contributed by atoms with van der Waals surface area (Å²) in [5, 5.41) is -0.425. The molecule has 2 N–H and O–H groups in total. The van der Waals surface area contributed by atoms with Crippen LogP contribution < -0.4 is 5.73 Å². The highest BCUT2D eigenvalue weighted by Crippen LogP contribution is 2.17. The topological polar surface area (TPSA) is 52.3 Å². The second-order valence-electron chi connectivity index (χ2n) is 0.955. The van der Waals surface area contributed by atoms with Gasteiger partial charge < -0.3 is 10.5 Å². The third kappa shape index (κ3) is 4.39. The van der Waals surface area contributed by atoms with Crippen molar-refractivity contribution in [3.63, 3.8) is 0 Å². The normalized spacial score (nSPS) is 8.33. The van der Waals surface area contributed by atoms with Crippen LogP contribution in [0.3, 0.4) is 0 Å². The molecule has 0 aliphatic carbocycles. The molecule has 9 heavy (non-hydrogen) atoms. The lowest BCUT2D eigenvalue weighted by Crippen LogP contribution is -2.10. The van der Waals surface area contributed by atoms with Gasteiger partial charge in [0.25, 0.3) is 0 Å². The van der Waals surface area contributed by atoms with Crippen molar-refractivity contribution in [1.82, 2.24) is 0 Å². The van der Waals surface area contributed by atoms with Crippen LogP contribution in [0.15, 0.2) is 9.71 Å². The first-order chi connectivity index (χ1) is 4.04. The zero-order chi connectivity index (χ0) is 7.44. The monoisotopic (exact) mass is 189 g/mol. The fraction of sp³-hybridized carbons (Fsp3) is 0. The van der Waals surface area contributed by atoms with Gasteiger partial charge in [-0.3, -0.25) is 0 Å². The third-order valence-corrected chi connectivity index (χ3v) is 1.14. The van der Waals surface area contributed by atoms with E-state index in [1.54, 1.807) is 0 Å². The molecule has 52 valence electrons. The minimum Gasteiger partial charge on any atom is -0.395 e. The largest absolute Gasteiger partial charge is 0.410 e. The van der Waals surface area contributed by atoms with Gasteiger partial charge in [-0.1, -0.05) is 23.2 Å². The predicted octanol–water partition coefficient (Wildman–Crippen LogP) is 1.92. The van der Waals surface area contributed by atoms with Crippen molar-refractivity contribution in [3.05, 3.63) is 9.71 Å². The van der Waals surface area contributed by atoms with E-state index in [1.165, 1.54) is 0 Å². The molecule has 0 aromatic rings. The summed E-state index contributed by atoms with van der Waals surface area (Å²) in [6, 6.07) is 0. The summed E-state index contributed by atoms with van der Waals surface area (Å²) in [6.45, 7) is 0. The maximum atomic E-state index is 9.88. The Morgan fingerprint density at radius 2 is 1.78 bits per heavy atom. The summed E-state index contributed by atoms with van der Waals surface area (Å²) in [7, 11) is 0. The minimum absolute atomic E-state index is 0.338. The molecule has 6 heteroatoms. The fourth-order valence-electron chi connectivity index (χ4n) is 0.127. The lowest BCUT2D eigenvalue weighted by molar-refractivity contribution is 0.193. The average molecular weight is 190 g/mol. The quantitative estimate of drug-likeness (QED) is 0.642. The summed E-state index contributed by atoms with van der Waals surface area (Å²) in [5.41, 5.74) is 4.53. The zero-order valence-electron chi connectivity index (χ0n) is 4.03. The molecule has 0 aromatic heterocycles. The van der Waals surface area contributed by atoms with E-state index in [1.807, 2.05) is 0 Å². The Hall–Kier alpha value is -0.120. The number of amides is 1. The number of carbonyl (C=O) groups excluding carboxylic acids is 1. The maximum absolute atomic E-state index is 9.88. The molecule has 0 unspecified atom stereocenters. The molecule has 0 bridgehead atoms. The SMILES string of the molecule is NC(=O)OC(Cl)=C(Cl)Cl. The van der Waals surface area contributed by atoms with Crippen LogP contribution in [-0.2, 0) is 4.74 Å². The van der Waals surface area contributed by atoms with E-state index in [4.69, 9.17) is 34.8 Å². The first-order valence-corrected chi connectivity index (χ1v) is 2.85. The minimum atomic E-state index is -1.06. The van der Waals surface area contributed by atoms with E-state index in [9.17, 15) is 4.79 Å². The molecule has 0 radical (unpaired) electrons. The Morgan fingerprint density at radius 1 is 1.33 bits per heavy atom. The van der Waals surface area contributed by atoms with Crippen molar-refractivity contribution in [3.8, 4) is 0 Å². The van der Waals surface area contributed by atoms with E-state index in [2.05, 4.69) is 10.5 Å². The molecular weight excluding hydrogens is 188 g/mol. The van der Waals surface area contributed by atoms with Crippen molar-refractivity contribution >= 4 is 40.9 Å². The van der Waals surface area contributed by atoms with Crippen LogP contribution in [0.25, 0.3) is 0 Å². The Kier molecular flexibility index (Phi) is 3.77. The van der Waals surface area contributed by atoms with Crippen LogP contribution >= 0.6 is 34.8 Å². The number of nitrogens with two attached hydrogens (primary N) is 1. The van der Waals surface area contributed by atoms with Crippen LogP contribution in [0, 0.1) is 0 Å². The van der Waals surface area contributed by atoms with E-state index in [0.29, 0.717) is 0 Å². The smallest absolute Gasteiger partial charge is 0.395 e. The Morgan fingerprint density at radius 3 is 1.89 bits per heavy atom. The molecule has 0 saturated heterocycles. The van der Waals surface area contributed by atoms with E-state index < -0.39 is 11.3 Å². The van der Waals surface area contributed by atoms with Gasteiger partial charge in [0.1, 0.15) is 0 Å². The van der Waals surface area contributed by atoms with Gasteiger partial charge in [-0.25, -0.2) is 4.79 Å². The van der Waals surface area contributed by atoms with Crippen LogP contribution in [0.5, 0.6) is 0 Å². The molecule has 1 amide bonds. The van der Waals surface area contributed by atoms with Gasteiger partial charge in [0.05, 0.1) is 0 Å². The summed E-state index contributed by atoms with van der Waals surface area (Å²) in [4.78, 5) is 9.88. The number of hydrogen-bond donors (Lipinski definition) is 1. The summed E-state index contributed by atoms with van der Waals surface area (Å²) in [5.74, 6) is 0. The number of halogens is 3. The summed E-state index contributed by atoms with van der Waals surface area (Å²) >= 11 is 15.2. The highest BCUT2D eigenvalue weighted by molar-refractivity contribution is 6.59. The van der Waals surface area contributed by atoms with Crippen LogP contribution in [-0.4, -0.2) is 6.09 Å². The van der Waals surface area contributed by atoms with Crippen molar-refractivity contribution in [2.24, 2.45) is 5.73 Å². The molecule has 0 atom stereocenters. The van der Waals surface area contributed by atoms with Crippen molar-refractivity contribution in [2.45, 2.75) is 0 Å². The maximum Gasteiger partial charge on any atom is 0.410 e. The summed E-state index contributed by atoms with van der Waals surface area (Å²) in [6.07, 6.45) is -1.06. The predicted molar refractivity (Wildman–Crippen MR) is 35.3 cm³/mol. The second-order valence-corrected chi connectivity index (χ2v) is 2.25. The van der Waals surface area contributed by atoms with Gasteiger partial charge in [-0.2, -0.15) is 0 Å². The van der Waals surface area contributed by atoms with E-state index in [-0.39, 0.29) is 4.49 Å². The Balaban J connectivity index is 3.92. The molecule has 0 heterocycles. The standard InChI is InChI=1S/C3H2Cl3NO2/c4-1(5)2(6)9-3(7)8/h(H2,7,8). The number of carbonyl (C=O) groups is 1.